The Morgan fingerprint density at radius 2 is 1.94 bits per heavy atom. The minimum Gasteiger partial charge on any atom is -0.394 e. The number of fused-ring (bicyclic) bond motifs is 1. The predicted molar refractivity (Wildman–Crippen MR) is 130 cm³/mol. The standard InChI is InChI=1S/C24H29ClN4O2S/c1-32(31)21-20-4-2-13-29(20)23(26-22(21)27-24(16-30)11-3-12-24)28-14-9-18(10-15-28)17-5-7-19(25)8-6-17/h2,4-8,13,18,27,30H,3,9-12,14-16H2,1H3. The minimum absolute atomic E-state index is 0.0540. The normalized spacial score (nSPS) is 19.7. The first-order valence-electron chi connectivity index (χ1n) is 11.2. The first-order chi connectivity index (χ1) is 15.5. The highest BCUT2D eigenvalue weighted by Gasteiger charge is 2.38. The average Bonchev–Trinajstić information content (AvgIpc) is 3.25. The molecule has 1 unspecified atom stereocenters. The van der Waals surface area contributed by atoms with Crippen LogP contribution in [0.4, 0.5) is 11.8 Å². The van der Waals surface area contributed by atoms with Gasteiger partial charge in [-0.05, 0) is 67.9 Å². The van der Waals surface area contributed by atoms with Crippen LogP contribution in [0, 0.1) is 0 Å². The molecule has 1 atom stereocenters. The number of aromatic nitrogens is 2. The maximum absolute atomic E-state index is 12.7. The maximum atomic E-state index is 12.7. The summed E-state index contributed by atoms with van der Waals surface area (Å²) >= 11 is 6.06. The summed E-state index contributed by atoms with van der Waals surface area (Å²) in [5, 5.41) is 14.2. The van der Waals surface area contributed by atoms with Crippen molar-refractivity contribution in [1.29, 1.82) is 0 Å². The van der Waals surface area contributed by atoms with E-state index in [-0.39, 0.29) is 12.1 Å². The van der Waals surface area contributed by atoms with E-state index in [0.717, 1.165) is 61.7 Å². The quantitative estimate of drug-likeness (QED) is 0.555. The van der Waals surface area contributed by atoms with Crippen LogP contribution in [0.2, 0.25) is 5.02 Å². The van der Waals surface area contributed by atoms with Gasteiger partial charge >= 0.3 is 0 Å². The molecule has 0 radical (unpaired) electrons. The van der Waals surface area contributed by atoms with Crippen LogP contribution in [0.5, 0.6) is 0 Å². The molecule has 2 aromatic heterocycles. The van der Waals surface area contributed by atoms with Crippen molar-refractivity contribution in [3.05, 3.63) is 53.2 Å². The van der Waals surface area contributed by atoms with Gasteiger partial charge in [0.05, 0.1) is 28.5 Å². The molecular formula is C24H29ClN4O2S. The molecule has 170 valence electrons. The number of benzene rings is 1. The summed E-state index contributed by atoms with van der Waals surface area (Å²) in [6, 6.07) is 12.2. The second kappa shape index (κ2) is 8.69. The number of halogens is 1. The number of nitrogens with one attached hydrogen (secondary N) is 1. The van der Waals surface area contributed by atoms with E-state index in [2.05, 4.69) is 26.8 Å². The monoisotopic (exact) mass is 472 g/mol. The highest BCUT2D eigenvalue weighted by Crippen LogP contribution is 2.38. The molecule has 3 heterocycles. The molecule has 5 rings (SSSR count). The van der Waals surface area contributed by atoms with E-state index in [1.54, 1.807) is 6.26 Å². The maximum Gasteiger partial charge on any atom is 0.212 e. The van der Waals surface area contributed by atoms with E-state index in [1.807, 2.05) is 30.5 Å². The molecule has 1 aliphatic carbocycles. The van der Waals surface area contributed by atoms with E-state index in [1.165, 1.54) is 5.56 Å². The van der Waals surface area contributed by atoms with Gasteiger partial charge in [0.15, 0.2) is 0 Å². The van der Waals surface area contributed by atoms with Gasteiger partial charge in [-0.25, -0.2) is 0 Å². The Morgan fingerprint density at radius 1 is 1.22 bits per heavy atom. The van der Waals surface area contributed by atoms with E-state index in [0.29, 0.717) is 16.6 Å². The summed E-state index contributed by atoms with van der Waals surface area (Å²) < 4.78 is 14.8. The van der Waals surface area contributed by atoms with Crippen LogP contribution in [0.25, 0.3) is 5.52 Å². The van der Waals surface area contributed by atoms with Gasteiger partial charge in [-0.1, -0.05) is 23.7 Å². The third-order valence-corrected chi connectivity index (χ3v) is 8.26. The lowest BCUT2D eigenvalue weighted by atomic mass is 9.77. The molecule has 2 fully saturated rings. The minimum atomic E-state index is -1.21. The Balaban J connectivity index is 1.46. The zero-order valence-electron chi connectivity index (χ0n) is 18.3. The lowest BCUT2D eigenvalue weighted by Gasteiger charge is -2.42. The smallest absolute Gasteiger partial charge is 0.212 e. The molecule has 0 amide bonds. The first-order valence-corrected chi connectivity index (χ1v) is 13.2. The van der Waals surface area contributed by atoms with Crippen molar-refractivity contribution in [2.75, 3.05) is 36.2 Å². The molecule has 8 heteroatoms. The van der Waals surface area contributed by atoms with E-state index in [9.17, 15) is 9.32 Å². The number of piperidine rings is 1. The van der Waals surface area contributed by atoms with Gasteiger partial charge in [-0.15, -0.1) is 0 Å². The van der Waals surface area contributed by atoms with Crippen LogP contribution in [0.15, 0.2) is 47.5 Å². The molecule has 0 spiro atoms. The number of nitrogens with zero attached hydrogens (tertiary/aromatic N) is 3. The molecule has 2 N–H and O–H groups in total. The Hall–Kier alpha value is -2.09. The Kier molecular flexibility index (Phi) is 5.90. The van der Waals surface area contributed by atoms with Gasteiger partial charge in [0.2, 0.25) is 5.95 Å². The largest absolute Gasteiger partial charge is 0.394 e. The van der Waals surface area contributed by atoms with Crippen molar-refractivity contribution in [1.82, 2.24) is 9.38 Å². The number of hydrogen-bond acceptors (Lipinski definition) is 5. The highest BCUT2D eigenvalue weighted by atomic mass is 35.5. The molecule has 0 bridgehead atoms. The molecule has 6 nitrogen and oxygen atoms in total. The van der Waals surface area contributed by atoms with Crippen LogP contribution in [-0.2, 0) is 10.8 Å². The molecule has 2 aliphatic rings. The van der Waals surface area contributed by atoms with Gasteiger partial charge in [0.25, 0.3) is 0 Å². The molecule has 3 aromatic rings. The van der Waals surface area contributed by atoms with Gasteiger partial charge in [-0.2, -0.15) is 4.98 Å². The fourth-order valence-corrected chi connectivity index (χ4v) is 5.94. The second-order valence-electron chi connectivity index (χ2n) is 9.04. The summed E-state index contributed by atoms with van der Waals surface area (Å²) in [6.07, 6.45) is 8.64. The summed E-state index contributed by atoms with van der Waals surface area (Å²) in [7, 11) is -1.21. The van der Waals surface area contributed by atoms with Crippen molar-refractivity contribution in [2.45, 2.75) is 48.5 Å². The van der Waals surface area contributed by atoms with E-state index < -0.39 is 10.8 Å². The summed E-state index contributed by atoms with van der Waals surface area (Å²) in [6.45, 7) is 1.85. The van der Waals surface area contributed by atoms with E-state index >= 15 is 0 Å². The fourth-order valence-electron chi connectivity index (χ4n) is 4.98. The number of anilines is 2. The molecule has 1 saturated carbocycles. The number of hydrogen-bond donors (Lipinski definition) is 2. The van der Waals surface area contributed by atoms with Crippen LogP contribution < -0.4 is 10.2 Å². The number of aliphatic hydroxyl groups is 1. The van der Waals surface area contributed by atoms with Crippen molar-refractivity contribution >= 4 is 39.7 Å². The predicted octanol–water partition coefficient (Wildman–Crippen LogP) is 4.44. The average molecular weight is 473 g/mol. The number of rotatable bonds is 6. The first kappa shape index (κ1) is 21.7. The van der Waals surface area contributed by atoms with Crippen molar-refractivity contribution in [3.63, 3.8) is 0 Å². The lowest BCUT2D eigenvalue weighted by Crippen LogP contribution is -2.49. The zero-order valence-corrected chi connectivity index (χ0v) is 19.8. The summed E-state index contributed by atoms with van der Waals surface area (Å²) in [4.78, 5) is 8.02. The van der Waals surface area contributed by atoms with Crippen molar-refractivity contribution in [2.24, 2.45) is 0 Å². The Bertz CT molecular complexity index is 1130. The Morgan fingerprint density at radius 3 is 2.53 bits per heavy atom. The van der Waals surface area contributed by atoms with Crippen LogP contribution in [0.3, 0.4) is 0 Å². The molecular weight excluding hydrogens is 444 g/mol. The zero-order chi connectivity index (χ0) is 22.3. The third-order valence-electron chi connectivity index (χ3n) is 7.03. The van der Waals surface area contributed by atoms with Gasteiger partial charge in [0.1, 0.15) is 10.7 Å². The van der Waals surface area contributed by atoms with Gasteiger partial charge in [0, 0.05) is 30.6 Å². The molecule has 32 heavy (non-hydrogen) atoms. The molecule has 1 saturated heterocycles. The van der Waals surface area contributed by atoms with E-state index in [4.69, 9.17) is 16.6 Å². The van der Waals surface area contributed by atoms with Gasteiger partial charge in [-0.3, -0.25) is 8.61 Å². The SMILES string of the molecule is CS(=O)c1c(NC2(CO)CCC2)nc(N2CCC(c3ccc(Cl)cc3)CC2)n2cccc12. The van der Waals surface area contributed by atoms with Gasteiger partial charge < -0.3 is 15.3 Å². The topological polar surface area (TPSA) is 69.9 Å². The Labute approximate surface area is 196 Å². The highest BCUT2D eigenvalue weighted by molar-refractivity contribution is 7.84. The van der Waals surface area contributed by atoms with Crippen molar-refractivity contribution in [3.8, 4) is 0 Å². The van der Waals surface area contributed by atoms with Crippen LogP contribution in [0.1, 0.15) is 43.6 Å². The number of aliphatic hydroxyl groups excluding tert-OH is 1. The second-order valence-corrected chi connectivity index (χ2v) is 10.8. The summed E-state index contributed by atoms with van der Waals surface area (Å²) in [5.41, 5.74) is 1.89. The fraction of sp³-hybridized carbons (Fsp3) is 0.458. The summed E-state index contributed by atoms with van der Waals surface area (Å²) in [5.74, 6) is 2.01. The molecule has 1 aromatic carbocycles. The van der Waals surface area contributed by atoms with Crippen LogP contribution >= 0.6 is 11.6 Å². The third kappa shape index (κ3) is 3.91. The van der Waals surface area contributed by atoms with Crippen LogP contribution in [-0.4, -0.2) is 50.2 Å². The van der Waals surface area contributed by atoms with Crippen molar-refractivity contribution < 1.29 is 9.32 Å². The molecule has 1 aliphatic heterocycles. The lowest BCUT2D eigenvalue weighted by molar-refractivity contribution is 0.143.